The van der Waals surface area contributed by atoms with Gasteiger partial charge in [0.05, 0.1) is 30.9 Å². The maximum Gasteiger partial charge on any atom is 0.265 e. The maximum absolute atomic E-state index is 12.6. The van der Waals surface area contributed by atoms with Crippen LogP contribution in [-0.4, -0.2) is 32.6 Å². The number of nitrogens with one attached hydrogen (secondary N) is 1. The first-order chi connectivity index (χ1) is 11.5. The molecule has 1 heterocycles. The molecule has 0 aliphatic rings. The van der Waals surface area contributed by atoms with Crippen molar-refractivity contribution in [1.82, 2.24) is 9.97 Å². The number of fused-ring (bicyclic) bond motifs is 1. The molecule has 0 amide bonds. The third-order valence-corrected chi connectivity index (χ3v) is 4.80. The van der Waals surface area contributed by atoms with E-state index in [1.807, 2.05) is 0 Å². The van der Waals surface area contributed by atoms with E-state index in [9.17, 15) is 8.42 Å². The van der Waals surface area contributed by atoms with Crippen molar-refractivity contribution >= 4 is 26.7 Å². The van der Waals surface area contributed by atoms with Gasteiger partial charge in [0.25, 0.3) is 10.0 Å². The molecule has 2 aromatic carbocycles. The molecule has 3 rings (SSSR count). The van der Waals surface area contributed by atoms with E-state index in [2.05, 4.69) is 14.7 Å². The van der Waals surface area contributed by atoms with Crippen molar-refractivity contribution in [1.29, 1.82) is 0 Å². The second-order valence-corrected chi connectivity index (χ2v) is 6.53. The van der Waals surface area contributed by atoms with Gasteiger partial charge >= 0.3 is 0 Å². The summed E-state index contributed by atoms with van der Waals surface area (Å²) < 4.78 is 38.1. The van der Waals surface area contributed by atoms with Gasteiger partial charge in [-0.25, -0.2) is 8.42 Å². The summed E-state index contributed by atoms with van der Waals surface area (Å²) in [6, 6.07) is 9.45. The first kappa shape index (κ1) is 16.0. The summed E-state index contributed by atoms with van der Waals surface area (Å²) in [4.78, 5) is 8.33. The van der Waals surface area contributed by atoms with E-state index in [1.54, 1.807) is 36.7 Å². The van der Waals surface area contributed by atoms with E-state index < -0.39 is 10.0 Å². The van der Waals surface area contributed by atoms with E-state index in [0.29, 0.717) is 22.5 Å². The SMILES string of the molecule is COc1ccc(S(=O)(=O)Nc2ccc3nccnc3c2)c(OC)c1. The largest absolute Gasteiger partial charge is 0.497 e. The zero-order valence-corrected chi connectivity index (χ0v) is 13.9. The van der Waals surface area contributed by atoms with Crippen LogP contribution in [-0.2, 0) is 10.0 Å². The number of sulfonamides is 1. The summed E-state index contributed by atoms with van der Waals surface area (Å²) in [5, 5.41) is 0. The second kappa shape index (κ2) is 6.32. The van der Waals surface area contributed by atoms with Crippen LogP contribution in [0.1, 0.15) is 0 Å². The van der Waals surface area contributed by atoms with E-state index in [-0.39, 0.29) is 10.6 Å². The van der Waals surface area contributed by atoms with E-state index in [4.69, 9.17) is 9.47 Å². The zero-order chi connectivity index (χ0) is 17.2. The van der Waals surface area contributed by atoms with Crippen molar-refractivity contribution in [3.63, 3.8) is 0 Å². The lowest BCUT2D eigenvalue weighted by molar-refractivity contribution is 0.386. The molecule has 0 aliphatic heterocycles. The Labute approximate surface area is 139 Å². The molecule has 1 aromatic heterocycles. The highest BCUT2D eigenvalue weighted by Gasteiger charge is 2.20. The van der Waals surface area contributed by atoms with Crippen molar-refractivity contribution in [2.24, 2.45) is 0 Å². The van der Waals surface area contributed by atoms with Gasteiger partial charge in [-0.2, -0.15) is 0 Å². The van der Waals surface area contributed by atoms with Gasteiger partial charge in [-0.1, -0.05) is 0 Å². The highest BCUT2D eigenvalue weighted by atomic mass is 32.2. The molecule has 0 aliphatic carbocycles. The van der Waals surface area contributed by atoms with Crippen molar-refractivity contribution in [2.75, 3.05) is 18.9 Å². The van der Waals surface area contributed by atoms with Gasteiger partial charge in [-0.05, 0) is 30.3 Å². The predicted molar refractivity (Wildman–Crippen MR) is 89.9 cm³/mol. The van der Waals surface area contributed by atoms with Crippen LogP contribution in [0.15, 0.2) is 53.7 Å². The molecular formula is C16H15N3O4S. The summed E-state index contributed by atoms with van der Waals surface area (Å²) >= 11 is 0. The maximum atomic E-state index is 12.6. The van der Waals surface area contributed by atoms with Gasteiger partial charge in [0, 0.05) is 18.5 Å². The van der Waals surface area contributed by atoms with Crippen LogP contribution in [0, 0.1) is 0 Å². The van der Waals surface area contributed by atoms with E-state index >= 15 is 0 Å². The van der Waals surface area contributed by atoms with Crippen molar-refractivity contribution in [3.05, 3.63) is 48.8 Å². The average Bonchev–Trinajstić information content (AvgIpc) is 2.60. The molecule has 0 atom stereocenters. The monoisotopic (exact) mass is 345 g/mol. The molecule has 0 saturated heterocycles. The Morgan fingerprint density at radius 1 is 0.917 bits per heavy atom. The minimum atomic E-state index is -3.83. The molecule has 3 aromatic rings. The fraction of sp³-hybridized carbons (Fsp3) is 0.125. The Hall–Kier alpha value is -2.87. The lowest BCUT2D eigenvalue weighted by atomic mass is 10.3. The molecule has 0 unspecified atom stereocenters. The highest BCUT2D eigenvalue weighted by molar-refractivity contribution is 7.92. The fourth-order valence-corrected chi connectivity index (χ4v) is 3.44. The van der Waals surface area contributed by atoms with Gasteiger partial charge in [-0.3, -0.25) is 14.7 Å². The Morgan fingerprint density at radius 3 is 2.38 bits per heavy atom. The van der Waals surface area contributed by atoms with Gasteiger partial charge < -0.3 is 9.47 Å². The number of rotatable bonds is 5. The average molecular weight is 345 g/mol. The predicted octanol–water partition coefficient (Wildman–Crippen LogP) is 2.45. The minimum absolute atomic E-state index is 0.0186. The summed E-state index contributed by atoms with van der Waals surface area (Å²) in [6.07, 6.45) is 3.13. The summed E-state index contributed by atoms with van der Waals surface area (Å²) in [7, 11) is -0.929. The summed E-state index contributed by atoms with van der Waals surface area (Å²) in [6.45, 7) is 0. The topological polar surface area (TPSA) is 90.4 Å². The van der Waals surface area contributed by atoms with Gasteiger partial charge in [0.15, 0.2) is 0 Å². The van der Waals surface area contributed by atoms with Crippen molar-refractivity contribution in [2.45, 2.75) is 4.90 Å². The van der Waals surface area contributed by atoms with Crippen molar-refractivity contribution in [3.8, 4) is 11.5 Å². The molecule has 7 nitrogen and oxygen atoms in total. The first-order valence-corrected chi connectivity index (χ1v) is 8.47. The van der Waals surface area contributed by atoms with Crippen LogP contribution < -0.4 is 14.2 Å². The smallest absolute Gasteiger partial charge is 0.265 e. The molecule has 0 saturated carbocycles. The molecule has 1 N–H and O–H groups in total. The quantitative estimate of drug-likeness (QED) is 0.764. The fourth-order valence-electron chi connectivity index (χ4n) is 2.23. The number of aromatic nitrogens is 2. The molecule has 0 radical (unpaired) electrons. The second-order valence-electron chi connectivity index (χ2n) is 4.88. The standard InChI is InChI=1S/C16H15N3O4S/c1-22-12-4-6-16(15(10-12)23-2)24(20,21)19-11-3-5-13-14(9-11)18-8-7-17-13/h3-10,19H,1-2H3. The lowest BCUT2D eigenvalue weighted by Crippen LogP contribution is -2.14. The van der Waals surface area contributed by atoms with E-state index in [1.165, 1.54) is 26.4 Å². The summed E-state index contributed by atoms with van der Waals surface area (Å²) in [5.41, 5.74) is 1.67. The molecule has 0 spiro atoms. The first-order valence-electron chi connectivity index (χ1n) is 6.99. The summed E-state index contributed by atoms with van der Waals surface area (Å²) in [5.74, 6) is 0.703. The lowest BCUT2D eigenvalue weighted by Gasteiger charge is -2.13. The molecule has 124 valence electrons. The highest BCUT2D eigenvalue weighted by Crippen LogP contribution is 2.30. The number of benzene rings is 2. The molecule has 8 heteroatoms. The number of methoxy groups -OCH3 is 2. The van der Waals surface area contributed by atoms with Gasteiger partial charge in [0.2, 0.25) is 0 Å². The molecule has 0 bridgehead atoms. The van der Waals surface area contributed by atoms with Crippen LogP contribution in [0.5, 0.6) is 11.5 Å². The molecular weight excluding hydrogens is 330 g/mol. The zero-order valence-electron chi connectivity index (χ0n) is 13.1. The van der Waals surface area contributed by atoms with Crippen LogP contribution in [0.3, 0.4) is 0 Å². The molecule has 0 fully saturated rings. The third kappa shape index (κ3) is 3.09. The van der Waals surface area contributed by atoms with Crippen LogP contribution in [0.2, 0.25) is 0 Å². The minimum Gasteiger partial charge on any atom is -0.497 e. The Kier molecular flexibility index (Phi) is 4.22. The van der Waals surface area contributed by atoms with Crippen molar-refractivity contribution < 1.29 is 17.9 Å². The van der Waals surface area contributed by atoms with Gasteiger partial charge in [-0.15, -0.1) is 0 Å². The number of ether oxygens (including phenoxy) is 2. The number of nitrogens with zero attached hydrogens (tertiary/aromatic N) is 2. The number of anilines is 1. The Morgan fingerprint density at radius 2 is 1.67 bits per heavy atom. The normalized spacial score (nSPS) is 11.2. The van der Waals surface area contributed by atoms with Gasteiger partial charge in [0.1, 0.15) is 16.4 Å². The molecule has 24 heavy (non-hydrogen) atoms. The number of hydrogen-bond acceptors (Lipinski definition) is 6. The van der Waals surface area contributed by atoms with Crippen LogP contribution in [0.4, 0.5) is 5.69 Å². The number of hydrogen-bond donors (Lipinski definition) is 1. The van der Waals surface area contributed by atoms with E-state index in [0.717, 1.165) is 0 Å². The van der Waals surface area contributed by atoms with Crippen LogP contribution >= 0.6 is 0 Å². The Balaban J connectivity index is 1.98. The van der Waals surface area contributed by atoms with Crippen LogP contribution in [0.25, 0.3) is 11.0 Å². The third-order valence-electron chi connectivity index (χ3n) is 3.38. The Bertz CT molecular complexity index is 990.